The maximum Gasteiger partial charge on any atom is 0.328 e. The summed E-state index contributed by atoms with van der Waals surface area (Å²) in [6.45, 7) is 4.00. The average molecular weight is 244 g/mol. The van der Waals surface area contributed by atoms with Crippen molar-refractivity contribution < 1.29 is 13.2 Å². The number of amides is 2. The van der Waals surface area contributed by atoms with E-state index in [0.717, 1.165) is 0 Å². The van der Waals surface area contributed by atoms with Gasteiger partial charge in [-0.05, 0) is 12.1 Å². The molecule has 0 heterocycles. The fraction of sp³-hybridized carbons (Fsp3) is 0.300. The fourth-order valence-electron chi connectivity index (χ4n) is 0.832. The van der Waals surface area contributed by atoms with E-state index in [-0.39, 0.29) is 4.90 Å². The molecule has 0 bridgehead atoms. The van der Waals surface area contributed by atoms with Crippen LogP contribution in [0.15, 0.2) is 35.2 Å². The third-order valence-corrected chi connectivity index (χ3v) is 2.85. The Morgan fingerprint density at radius 2 is 1.62 bits per heavy atom. The van der Waals surface area contributed by atoms with Gasteiger partial charge in [-0.3, -0.25) is 0 Å². The predicted molar refractivity (Wildman–Crippen MR) is 62.6 cm³/mol. The summed E-state index contributed by atoms with van der Waals surface area (Å²) in [5.74, 6) is 0. The molecule has 1 aromatic carbocycles. The number of carbonyl (C=O) groups excluding carboxylic acids is 1. The van der Waals surface area contributed by atoms with Crippen molar-refractivity contribution in [3.63, 3.8) is 0 Å². The Balaban J connectivity index is 0.00000106. The van der Waals surface area contributed by atoms with Crippen LogP contribution in [0.2, 0.25) is 0 Å². The topological polar surface area (TPSA) is 75.3 Å². The summed E-state index contributed by atoms with van der Waals surface area (Å²) in [5, 5.41) is 2.16. The molecular weight excluding hydrogens is 228 g/mol. The second kappa shape index (κ2) is 6.84. The Morgan fingerprint density at radius 1 is 1.12 bits per heavy atom. The number of rotatable bonds is 2. The molecule has 0 aliphatic rings. The number of carbonyl (C=O) groups is 1. The van der Waals surface area contributed by atoms with Gasteiger partial charge in [0.1, 0.15) is 0 Å². The van der Waals surface area contributed by atoms with E-state index in [1.807, 2.05) is 18.6 Å². The molecule has 0 saturated carbocycles. The first-order chi connectivity index (χ1) is 7.56. The number of benzene rings is 1. The van der Waals surface area contributed by atoms with Gasteiger partial charge in [-0.25, -0.2) is 17.9 Å². The minimum atomic E-state index is -3.73. The van der Waals surface area contributed by atoms with Gasteiger partial charge in [0.15, 0.2) is 0 Å². The Morgan fingerprint density at radius 3 is 2.06 bits per heavy atom. The molecule has 0 aliphatic heterocycles. The Hall–Kier alpha value is -1.56. The first-order valence-electron chi connectivity index (χ1n) is 4.86. The molecule has 0 saturated heterocycles. The summed E-state index contributed by atoms with van der Waals surface area (Å²) in [6.07, 6.45) is 0. The highest BCUT2D eigenvalue weighted by Gasteiger charge is 2.15. The van der Waals surface area contributed by atoms with Crippen molar-refractivity contribution >= 4 is 16.1 Å². The van der Waals surface area contributed by atoms with Gasteiger partial charge in [-0.1, -0.05) is 32.0 Å². The number of sulfonamides is 1. The molecule has 2 N–H and O–H groups in total. The molecule has 2 amide bonds. The van der Waals surface area contributed by atoms with Crippen molar-refractivity contribution in [3.8, 4) is 0 Å². The van der Waals surface area contributed by atoms with Crippen LogP contribution in [-0.4, -0.2) is 21.5 Å². The van der Waals surface area contributed by atoms with E-state index < -0.39 is 16.1 Å². The smallest absolute Gasteiger partial charge is 0.328 e. The van der Waals surface area contributed by atoms with Crippen molar-refractivity contribution in [2.24, 2.45) is 0 Å². The summed E-state index contributed by atoms with van der Waals surface area (Å²) in [7, 11) is -2.39. The van der Waals surface area contributed by atoms with Crippen molar-refractivity contribution in [2.75, 3.05) is 7.05 Å². The van der Waals surface area contributed by atoms with Crippen molar-refractivity contribution in [2.45, 2.75) is 18.7 Å². The normalized spacial score (nSPS) is 9.69. The van der Waals surface area contributed by atoms with Gasteiger partial charge < -0.3 is 5.32 Å². The molecule has 5 nitrogen and oxygen atoms in total. The van der Waals surface area contributed by atoms with Crippen LogP contribution in [0.3, 0.4) is 0 Å². The molecule has 1 aromatic rings. The first-order valence-corrected chi connectivity index (χ1v) is 6.34. The Kier molecular flexibility index (Phi) is 6.17. The van der Waals surface area contributed by atoms with Gasteiger partial charge in [-0.15, -0.1) is 0 Å². The second-order valence-electron chi connectivity index (χ2n) is 2.50. The van der Waals surface area contributed by atoms with Crippen LogP contribution in [0.5, 0.6) is 0 Å². The molecule has 90 valence electrons. The van der Waals surface area contributed by atoms with Crippen molar-refractivity contribution in [3.05, 3.63) is 30.3 Å². The molecular formula is C10H16N2O3S. The summed E-state index contributed by atoms with van der Waals surface area (Å²) in [5.41, 5.74) is 0. The fourth-order valence-corrected chi connectivity index (χ4v) is 1.81. The molecule has 0 spiro atoms. The van der Waals surface area contributed by atoms with Crippen molar-refractivity contribution in [1.82, 2.24) is 10.0 Å². The van der Waals surface area contributed by atoms with E-state index in [4.69, 9.17) is 0 Å². The zero-order chi connectivity index (χ0) is 12.6. The van der Waals surface area contributed by atoms with Gasteiger partial charge in [0.05, 0.1) is 4.90 Å². The lowest BCUT2D eigenvalue weighted by Gasteiger charge is -2.05. The van der Waals surface area contributed by atoms with Crippen LogP contribution in [0.1, 0.15) is 13.8 Å². The molecule has 0 aliphatic carbocycles. The number of hydrogen-bond donors (Lipinski definition) is 2. The second-order valence-corrected chi connectivity index (χ2v) is 4.18. The highest BCUT2D eigenvalue weighted by Crippen LogP contribution is 2.06. The average Bonchev–Trinajstić information content (AvgIpc) is 2.32. The quantitative estimate of drug-likeness (QED) is 0.824. The van der Waals surface area contributed by atoms with E-state index in [9.17, 15) is 13.2 Å². The lowest BCUT2D eigenvalue weighted by molar-refractivity contribution is 0.248. The molecule has 6 heteroatoms. The van der Waals surface area contributed by atoms with Crippen LogP contribution in [-0.2, 0) is 10.0 Å². The van der Waals surface area contributed by atoms with Crippen LogP contribution >= 0.6 is 0 Å². The van der Waals surface area contributed by atoms with Crippen LogP contribution in [0.25, 0.3) is 0 Å². The van der Waals surface area contributed by atoms with Crippen molar-refractivity contribution in [1.29, 1.82) is 0 Å². The largest absolute Gasteiger partial charge is 0.340 e. The summed E-state index contributed by atoms with van der Waals surface area (Å²) in [4.78, 5) is 10.9. The number of hydrogen-bond acceptors (Lipinski definition) is 3. The minimum absolute atomic E-state index is 0.0589. The van der Waals surface area contributed by atoms with Crippen LogP contribution in [0.4, 0.5) is 4.79 Å². The third kappa shape index (κ3) is 4.31. The number of nitrogens with one attached hydrogen (secondary N) is 2. The van der Waals surface area contributed by atoms with Gasteiger partial charge in [-0.2, -0.15) is 0 Å². The maximum atomic E-state index is 11.4. The summed E-state index contributed by atoms with van der Waals surface area (Å²) in [6, 6.07) is 6.92. The van der Waals surface area contributed by atoms with E-state index in [0.29, 0.717) is 0 Å². The molecule has 0 fully saturated rings. The zero-order valence-electron chi connectivity index (χ0n) is 9.52. The SMILES string of the molecule is CC.CNC(=O)NS(=O)(=O)c1ccccc1. The molecule has 16 heavy (non-hydrogen) atoms. The Bertz CT molecular complexity index is 415. The summed E-state index contributed by atoms with van der Waals surface area (Å²) >= 11 is 0. The molecule has 0 unspecified atom stereocenters. The van der Waals surface area contributed by atoms with E-state index in [1.165, 1.54) is 19.2 Å². The van der Waals surface area contributed by atoms with E-state index >= 15 is 0 Å². The van der Waals surface area contributed by atoms with E-state index in [2.05, 4.69) is 5.32 Å². The van der Waals surface area contributed by atoms with Crippen LogP contribution in [0, 0.1) is 0 Å². The van der Waals surface area contributed by atoms with Gasteiger partial charge in [0.25, 0.3) is 10.0 Å². The Labute approximate surface area is 95.9 Å². The summed E-state index contributed by atoms with van der Waals surface area (Å²) < 4.78 is 24.7. The lowest BCUT2D eigenvalue weighted by atomic mass is 10.4. The third-order valence-electron chi connectivity index (χ3n) is 1.51. The first kappa shape index (κ1) is 14.4. The predicted octanol–water partition coefficient (Wildman–Crippen LogP) is 1.33. The molecule has 0 aromatic heterocycles. The zero-order valence-corrected chi connectivity index (χ0v) is 10.3. The highest BCUT2D eigenvalue weighted by molar-refractivity contribution is 7.90. The van der Waals surface area contributed by atoms with Crippen LogP contribution < -0.4 is 10.0 Å². The molecule has 1 rings (SSSR count). The van der Waals surface area contributed by atoms with Gasteiger partial charge >= 0.3 is 6.03 Å². The van der Waals surface area contributed by atoms with Gasteiger partial charge in [0, 0.05) is 7.05 Å². The maximum absolute atomic E-state index is 11.4. The lowest BCUT2D eigenvalue weighted by Crippen LogP contribution is -2.37. The van der Waals surface area contributed by atoms with Gasteiger partial charge in [0.2, 0.25) is 0 Å². The monoisotopic (exact) mass is 244 g/mol. The minimum Gasteiger partial charge on any atom is -0.340 e. The molecule has 0 radical (unpaired) electrons. The number of urea groups is 1. The molecule has 0 atom stereocenters. The standard InChI is InChI=1S/C8H10N2O3S.C2H6/c1-9-8(11)10-14(12,13)7-5-3-2-4-6-7;1-2/h2-6H,1H3,(H2,9,10,11);1-2H3. The van der Waals surface area contributed by atoms with E-state index in [1.54, 1.807) is 18.2 Å². The highest BCUT2D eigenvalue weighted by atomic mass is 32.2.